The van der Waals surface area contributed by atoms with Crippen molar-refractivity contribution in [1.82, 2.24) is 9.97 Å². The van der Waals surface area contributed by atoms with Crippen LogP contribution in [0.5, 0.6) is 0 Å². The number of rotatable bonds is 6. The van der Waals surface area contributed by atoms with E-state index in [0.717, 1.165) is 0 Å². The molecule has 1 heterocycles. The highest BCUT2D eigenvalue weighted by Gasteiger charge is 2.19. The SMILES string of the molecule is O=C(O)CC[C@H](Nc1ncccn1)C(=O)O. The number of hydrogen-bond acceptors (Lipinski definition) is 5. The third kappa shape index (κ3) is 3.91. The lowest BCUT2D eigenvalue weighted by molar-refractivity contribution is -0.139. The van der Waals surface area contributed by atoms with Gasteiger partial charge < -0.3 is 15.5 Å². The summed E-state index contributed by atoms with van der Waals surface area (Å²) in [5, 5.41) is 19.8. The summed E-state index contributed by atoms with van der Waals surface area (Å²) in [6, 6.07) is 0.594. The zero-order valence-corrected chi connectivity index (χ0v) is 8.33. The Bertz CT molecular complexity index is 368. The van der Waals surface area contributed by atoms with Gasteiger partial charge in [-0.1, -0.05) is 0 Å². The minimum absolute atomic E-state index is 0.0249. The van der Waals surface area contributed by atoms with Crippen molar-refractivity contribution in [3.8, 4) is 0 Å². The molecule has 0 aliphatic carbocycles. The highest BCUT2D eigenvalue weighted by atomic mass is 16.4. The lowest BCUT2D eigenvalue weighted by atomic mass is 10.1. The molecule has 7 heteroatoms. The summed E-state index contributed by atoms with van der Waals surface area (Å²) in [6.07, 6.45) is 2.68. The third-order valence-corrected chi connectivity index (χ3v) is 1.81. The van der Waals surface area contributed by atoms with Crippen LogP contribution in [0.15, 0.2) is 18.5 Å². The molecular weight excluding hydrogens is 214 g/mol. The maximum atomic E-state index is 10.8. The van der Waals surface area contributed by atoms with Gasteiger partial charge in [0.15, 0.2) is 0 Å². The van der Waals surface area contributed by atoms with E-state index in [1.165, 1.54) is 12.4 Å². The number of aliphatic carboxylic acids is 2. The number of hydrogen-bond donors (Lipinski definition) is 3. The van der Waals surface area contributed by atoms with Gasteiger partial charge in [0.25, 0.3) is 0 Å². The molecule has 0 aromatic carbocycles. The molecule has 7 nitrogen and oxygen atoms in total. The fourth-order valence-corrected chi connectivity index (χ4v) is 1.05. The first kappa shape index (κ1) is 11.9. The van der Waals surface area contributed by atoms with E-state index in [9.17, 15) is 9.59 Å². The number of carbonyl (C=O) groups is 2. The second-order valence-corrected chi connectivity index (χ2v) is 3.04. The minimum Gasteiger partial charge on any atom is -0.481 e. The predicted molar refractivity (Wildman–Crippen MR) is 53.9 cm³/mol. The molecule has 1 atom stereocenters. The van der Waals surface area contributed by atoms with Gasteiger partial charge >= 0.3 is 11.9 Å². The molecule has 86 valence electrons. The summed E-state index contributed by atoms with van der Waals surface area (Å²) >= 11 is 0. The molecule has 1 aromatic rings. The van der Waals surface area contributed by atoms with Crippen LogP contribution in [0.25, 0.3) is 0 Å². The first-order valence-corrected chi connectivity index (χ1v) is 4.57. The summed E-state index contributed by atoms with van der Waals surface area (Å²) < 4.78 is 0. The molecule has 0 amide bonds. The third-order valence-electron chi connectivity index (χ3n) is 1.81. The molecule has 1 rings (SSSR count). The molecule has 0 aliphatic rings. The van der Waals surface area contributed by atoms with Crippen molar-refractivity contribution in [3.05, 3.63) is 18.5 Å². The lowest BCUT2D eigenvalue weighted by Gasteiger charge is -2.12. The van der Waals surface area contributed by atoms with Crippen molar-refractivity contribution in [2.45, 2.75) is 18.9 Å². The summed E-state index contributed by atoms with van der Waals surface area (Å²) in [4.78, 5) is 28.7. The molecule has 0 fully saturated rings. The Balaban J connectivity index is 2.58. The van der Waals surface area contributed by atoms with E-state index in [0.29, 0.717) is 0 Å². The molecule has 0 saturated carbocycles. The fraction of sp³-hybridized carbons (Fsp3) is 0.333. The summed E-state index contributed by atoms with van der Waals surface area (Å²) in [5.41, 5.74) is 0. The molecule has 0 aliphatic heterocycles. The average Bonchev–Trinajstić information content (AvgIpc) is 2.25. The van der Waals surface area contributed by atoms with Gasteiger partial charge in [0.1, 0.15) is 6.04 Å². The maximum Gasteiger partial charge on any atom is 0.326 e. The number of carboxylic acid groups (broad SMARTS) is 2. The van der Waals surface area contributed by atoms with E-state index >= 15 is 0 Å². The quantitative estimate of drug-likeness (QED) is 0.634. The van der Waals surface area contributed by atoms with Gasteiger partial charge in [0.2, 0.25) is 5.95 Å². The van der Waals surface area contributed by atoms with Gasteiger partial charge in [0.05, 0.1) is 0 Å². The van der Waals surface area contributed by atoms with Crippen molar-refractivity contribution in [1.29, 1.82) is 0 Å². The zero-order chi connectivity index (χ0) is 12.0. The molecular formula is C9H11N3O4. The largest absolute Gasteiger partial charge is 0.481 e. The van der Waals surface area contributed by atoms with E-state index in [-0.39, 0.29) is 18.8 Å². The Morgan fingerprint density at radius 2 is 1.94 bits per heavy atom. The van der Waals surface area contributed by atoms with Gasteiger partial charge in [-0.25, -0.2) is 14.8 Å². The Kier molecular flexibility index (Phi) is 4.19. The number of anilines is 1. The zero-order valence-electron chi connectivity index (χ0n) is 8.33. The molecule has 3 N–H and O–H groups in total. The lowest BCUT2D eigenvalue weighted by Crippen LogP contribution is -2.30. The van der Waals surface area contributed by atoms with Gasteiger partial charge in [-0.2, -0.15) is 0 Å². The summed E-state index contributed by atoms with van der Waals surface area (Å²) in [5.74, 6) is -2.00. The Morgan fingerprint density at radius 1 is 1.31 bits per heavy atom. The molecule has 16 heavy (non-hydrogen) atoms. The van der Waals surface area contributed by atoms with Crippen molar-refractivity contribution >= 4 is 17.9 Å². The number of nitrogens with zero attached hydrogens (tertiary/aromatic N) is 2. The van der Waals surface area contributed by atoms with E-state index in [1.54, 1.807) is 6.07 Å². The van der Waals surface area contributed by atoms with Gasteiger partial charge in [-0.3, -0.25) is 4.79 Å². The van der Waals surface area contributed by atoms with Crippen LogP contribution in [0.1, 0.15) is 12.8 Å². The standard InChI is InChI=1S/C9H11N3O4/c13-7(14)3-2-6(8(15)16)12-9-10-4-1-5-11-9/h1,4-6H,2-3H2,(H,13,14)(H,15,16)(H,10,11,12)/t6-/m0/s1. The number of aromatic nitrogens is 2. The van der Waals surface area contributed by atoms with Gasteiger partial charge in [-0.05, 0) is 12.5 Å². The van der Waals surface area contributed by atoms with Crippen LogP contribution in [-0.2, 0) is 9.59 Å². The molecule has 0 saturated heterocycles. The Labute approximate surface area is 91.2 Å². The first-order valence-electron chi connectivity index (χ1n) is 4.57. The Hall–Kier alpha value is -2.18. The van der Waals surface area contributed by atoms with E-state index in [2.05, 4.69) is 15.3 Å². The van der Waals surface area contributed by atoms with Gasteiger partial charge in [0, 0.05) is 18.8 Å². The van der Waals surface area contributed by atoms with Crippen LogP contribution in [-0.4, -0.2) is 38.2 Å². The highest BCUT2D eigenvalue weighted by Crippen LogP contribution is 2.05. The predicted octanol–water partition coefficient (Wildman–Crippen LogP) is 0.207. The van der Waals surface area contributed by atoms with Crippen molar-refractivity contribution in [3.63, 3.8) is 0 Å². The smallest absolute Gasteiger partial charge is 0.326 e. The first-order chi connectivity index (χ1) is 7.59. The van der Waals surface area contributed by atoms with Crippen LogP contribution < -0.4 is 5.32 Å². The second-order valence-electron chi connectivity index (χ2n) is 3.04. The Morgan fingerprint density at radius 3 is 2.44 bits per heavy atom. The van der Waals surface area contributed by atoms with E-state index in [4.69, 9.17) is 10.2 Å². The molecule has 0 bridgehead atoms. The van der Waals surface area contributed by atoms with Crippen molar-refractivity contribution in [2.75, 3.05) is 5.32 Å². The van der Waals surface area contributed by atoms with Gasteiger partial charge in [-0.15, -0.1) is 0 Å². The monoisotopic (exact) mass is 225 g/mol. The summed E-state index contributed by atoms with van der Waals surface area (Å²) in [7, 11) is 0. The molecule has 0 radical (unpaired) electrons. The number of nitrogens with one attached hydrogen (secondary N) is 1. The molecule has 0 unspecified atom stereocenters. The molecule has 1 aromatic heterocycles. The second kappa shape index (κ2) is 5.64. The van der Waals surface area contributed by atoms with E-state index < -0.39 is 18.0 Å². The van der Waals surface area contributed by atoms with Crippen LogP contribution in [0, 0.1) is 0 Å². The van der Waals surface area contributed by atoms with Crippen molar-refractivity contribution in [2.24, 2.45) is 0 Å². The van der Waals surface area contributed by atoms with Crippen LogP contribution in [0.2, 0.25) is 0 Å². The summed E-state index contributed by atoms with van der Waals surface area (Å²) in [6.45, 7) is 0. The number of carboxylic acids is 2. The maximum absolute atomic E-state index is 10.8. The van der Waals surface area contributed by atoms with Crippen LogP contribution in [0.4, 0.5) is 5.95 Å². The normalized spacial score (nSPS) is 11.8. The van der Waals surface area contributed by atoms with Crippen LogP contribution in [0.3, 0.4) is 0 Å². The minimum atomic E-state index is -1.13. The van der Waals surface area contributed by atoms with E-state index in [1.807, 2.05) is 0 Å². The highest BCUT2D eigenvalue weighted by molar-refractivity contribution is 5.77. The fourth-order valence-electron chi connectivity index (χ4n) is 1.05. The average molecular weight is 225 g/mol. The van der Waals surface area contributed by atoms with Crippen LogP contribution >= 0.6 is 0 Å². The van der Waals surface area contributed by atoms with Crippen molar-refractivity contribution < 1.29 is 19.8 Å². The molecule has 0 spiro atoms. The topological polar surface area (TPSA) is 112 Å².